The first kappa shape index (κ1) is 16.5. The van der Waals surface area contributed by atoms with E-state index < -0.39 is 0 Å². The molecule has 112 valence electrons. The molecule has 1 aliphatic carbocycles. The highest BCUT2D eigenvalue weighted by Gasteiger charge is 2.29. The first-order valence-corrected chi connectivity index (χ1v) is 7.17. The summed E-state index contributed by atoms with van der Waals surface area (Å²) in [6, 6.07) is 0. The first-order valence-electron chi connectivity index (χ1n) is 7.17. The maximum atomic E-state index is 12.0. The Kier molecular flexibility index (Phi) is 6.49. The maximum absolute atomic E-state index is 12.0. The predicted molar refractivity (Wildman–Crippen MR) is 76.8 cm³/mol. The van der Waals surface area contributed by atoms with Crippen molar-refractivity contribution in [3.8, 4) is 0 Å². The Labute approximate surface area is 120 Å². The number of carbonyl (C=O) groups is 2. The lowest BCUT2D eigenvalue weighted by Gasteiger charge is -2.26. The third kappa shape index (κ3) is 4.83. The topological polar surface area (TPSA) is 52.6 Å². The quantitative estimate of drug-likeness (QED) is 0.571. The zero-order chi connectivity index (χ0) is 15.1. The molecule has 0 saturated heterocycles. The molecule has 0 bridgehead atoms. The van der Waals surface area contributed by atoms with Crippen LogP contribution in [0.15, 0.2) is 23.0 Å². The average molecular weight is 280 g/mol. The van der Waals surface area contributed by atoms with Crippen molar-refractivity contribution in [1.29, 1.82) is 0 Å². The van der Waals surface area contributed by atoms with Crippen LogP contribution in [-0.4, -0.2) is 18.5 Å². The van der Waals surface area contributed by atoms with Crippen LogP contribution < -0.4 is 0 Å². The van der Waals surface area contributed by atoms with Crippen LogP contribution in [0.25, 0.3) is 0 Å². The second kappa shape index (κ2) is 7.88. The molecule has 4 heteroatoms. The molecular weight excluding hydrogens is 256 g/mol. The van der Waals surface area contributed by atoms with Crippen LogP contribution in [0.3, 0.4) is 0 Å². The highest BCUT2D eigenvalue weighted by atomic mass is 16.5. The van der Waals surface area contributed by atoms with Gasteiger partial charge in [-0.3, -0.25) is 4.79 Å². The molecule has 4 nitrogen and oxygen atoms in total. The van der Waals surface area contributed by atoms with Gasteiger partial charge in [-0.25, -0.2) is 4.79 Å². The Morgan fingerprint density at radius 2 is 2.00 bits per heavy atom. The summed E-state index contributed by atoms with van der Waals surface area (Å²) in [5.41, 5.74) is 1.75. The van der Waals surface area contributed by atoms with Gasteiger partial charge < -0.3 is 9.47 Å². The average Bonchev–Trinajstić information content (AvgIpc) is 2.36. The third-order valence-corrected chi connectivity index (χ3v) is 3.23. The molecule has 0 aliphatic heterocycles. The molecule has 0 N–H and O–H groups in total. The molecule has 0 radical (unpaired) electrons. The van der Waals surface area contributed by atoms with Crippen LogP contribution >= 0.6 is 0 Å². The Morgan fingerprint density at radius 1 is 1.30 bits per heavy atom. The zero-order valence-electron chi connectivity index (χ0n) is 12.8. The van der Waals surface area contributed by atoms with Crippen LogP contribution in [-0.2, 0) is 19.1 Å². The molecule has 1 atom stereocenters. The van der Waals surface area contributed by atoms with E-state index in [-0.39, 0.29) is 17.9 Å². The fraction of sp³-hybridized carbons (Fsp3) is 0.625. The molecule has 0 fully saturated rings. The third-order valence-electron chi connectivity index (χ3n) is 3.23. The summed E-state index contributed by atoms with van der Waals surface area (Å²) >= 11 is 0. The van der Waals surface area contributed by atoms with Crippen molar-refractivity contribution in [2.75, 3.05) is 6.61 Å². The van der Waals surface area contributed by atoms with E-state index in [0.717, 1.165) is 19.3 Å². The second-order valence-electron chi connectivity index (χ2n) is 5.26. The van der Waals surface area contributed by atoms with Crippen molar-refractivity contribution in [3.63, 3.8) is 0 Å². The summed E-state index contributed by atoms with van der Waals surface area (Å²) in [7, 11) is 0. The second-order valence-corrected chi connectivity index (χ2v) is 5.26. The van der Waals surface area contributed by atoms with Gasteiger partial charge in [0.1, 0.15) is 5.76 Å². The van der Waals surface area contributed by atoms with Crippen molar-refractivity contribution >= 4 is 11.9 Å². The molecule has 0 aromatic rings. The summed E-state index contributed by atoms with van der Waals surface area (Å²) < 4.78 is 10.4. The highest BCUT2D eigenvalue weighted by molar-refractivity contribution is 5.89. The largest absolute Gasteiger partial charge is 0.463 e. The Hall–Kier alpha value is -1.58. The van der Waals surface area contributed by atoms with E-state index in [2.05, 4.69) is 6.08 Å². The monoisotopic (exact) mass is 280 g/mol. The lowest BCUT2D eigenvalue weighted by molar-refractivity contribution is -0.140. The van der Waals surface area contributed by atoms with Gasteiger partial charge in [0.2, 0.25) is 0 Å². The van der Waals surface area contributed by atoms with Gasteiger partial charge in [0.15, 0.2) is 0 Å². The summed E-state index contributed by atoms with van der Waals surface area (Å²) in [4.78, 5) is 23.3. The Morgan fingerprint density at radius 3 is 2.55 bits per heavy atom. The van der Waals surface area contributed by atoms with E-state index in [4.69, 9.17) is 9.47 Å². The van der Waals surface area contributed by atoms with E-state index >= 15 is 0 Å². The SMILES string of the molecule is CCOC(=O)C1=C(OC(C)=O)C(CC=C(C)C)CCC1. The minimum Gasteiger partial charge on any atom is -0.463 e. The molecule has 0 spiro atoms. The van der Waals surface area contributed by atoms with E-state index in [1.54, 1.807) is 6.92 Å². The van der Waals surface area contributed by atoms with Crippen molar-refractivity contribution in [2.45, 2.75) is 53.4 Å². The summed E-state index contributed by atoms with van der Waals surface area (Å²) in [5, 5.41) is 0. The van der Waals surface area contributed by atoms with E-state index in [1.807, 2.05) is 13.8 Å². The zero-order valence-corrected chi connectivity index (χ0v) is 12.8. The number of hydrogen-bond donors (Lipinski definition) is 0. The normalized spacial score (nSPS) is 18.5. The molecule has 0 saturated carbocycles. The molecule has 0 aromatic heterocycles. The van der Waals surface area contributed by atoms with Crippen molar-refractivity contribution in [1.82, 2.24) is 0 Å². The van der Waals surface area contributed by atoms with Crippen molar-refractivity contribution in [2.24, 2.45) is 5.92 Å². The number of ether oxygens (including phenoxy) is 2. The van der Waals surface area contributed by atoms with Crippen LogP contribution in [0.5, 0.6) is 0 Å². The summed E-state index contributed by atoms with van der Waals surface area (Å²) in [6.07, 6.45) is 5.36. The van der Waals surface area contributed by atoms with E-state index in [0.29, 0.717) is 24.4 Å². The highest BCUT2D eigenvalue weighted by Crippen LogP contribution is 2.34. The Bertz CT molecular complexity index is 428. The summed E-state index contributed by atoms with van der Waals surface area (Å²) in [5.74, 6) is -0.141. The smallest absolute Gasteiger partial charge is 0.337 e. The summed E-state index contributed by atoms with van der Waals surface area (Å²) in [6.45, 7) is 7.53. The van der Waals surface area contributed by atoms with Gasteiger partial charge in [-0.15, -0.1) is 0 Å². The standard InChI is InChI=1S/C16H24O4/c1-5-19-16(18)14-8-6-7-13(10-9-11(2)3)15(14)20-12(4)17/h9,13H,5-8,10H2,1-4H3. The van der Waals surface area contributed by atoms with Gasteiger partial charge in [0.05, 0.1) is 12.2 Å². The van der Waals surface area contributed by atoms with Crippen molar-refractivity contribution < 1.29 is 19.1 Å². The Balaban J connectivity index is 3.03. The van der Waals surface area contributed by atoms with Crippen LogP contribution in [0.1, 0.15) is 53.4 Å². The molecular formula is C16H24O4. The minimum atomic E-state index is -0.383. The van der Waals surface area contributed by atoms with Crippen molar-refractivity contribution in [3.05, 3.63) is 23.0 Å². The molecule has 1 unspecified atom stereocenters. The van der Waals surface area contributed by atoms with Gasteiger partial charge in [0.25, 0.3) is 0 Å². The number of carbonyl (C=O) groups excluding carboxylic acids is 2. The lowest BCUT2D eigenvalue weighted by Crippen LogP contribution is -2.22. The van der Waals surface area contributed by atoms with Gasteiger partial charge in [-0.05, 0) is 46.5 Å². The molecule has 1 rings (SSSR count). The lowest BCUT2D eigenvalue weighted by atomic mass is 9.85. The van der Waals surface area contributed by atoms with Gasteiger partial charge in [-0.2, -0.15) is 0 Å². The number of hydrogen-bond acceptors (Lipinski definition) is 4. The fourth-order valence-electron chi connectivity index (χ4n) is 2.35. The van der Waals surface area contributed by atoms with Gasteiger partial charge in [0, 0.05) is 12.8 Å². The molecule has 0 aromatic carbocycles. The maximum Gasteiger partial charge on any atom is 0.337 e. The van der Waals surface area contributed by atoms with Gasteiger partial charge in [-0.1, -0.05) is 11.6 Å². The molecule has 20 heavy (non-hydrogen) atoms. The van der Waals surface area contributed by atoms with Crippen LogP contribution in [0.4, 0.5) is 0 Å². The number of allylic oxidation sites excluding steroid dienone is 3. The van der Waals surface area contributed by atoms with E-state index in [9.17, 15) is 9.59 Å². The minimum absolute atomic E-state index is 0.0851. The first-order chi connectivity index (χ1) is 9.45. The molecule has 0 heterocycles. The van der Waals surface area contributed by atoms with Gasteiger partial charge >= 0.3 is 11.9 Å². The fourth-order valence-corrected chi connectivity index (χ4v) is 2.35. The number of esters is 2. The van der Waals surface area contributed by atoms with E-state index in [1.165, 1.54) is 12.5 Å². The predicted octanol–water partition coefficient (Wildman–Crippen LogP) is 3.52. The number of rotatable bonds is 5. The molecule has 0 amide bonds. The molecule has 1 aliphatic rings. The van der Waals surface area contributed by atoms with Crippen LogP contribution in [0.2, 0.25) is 0 Å². The van der Waals surface area contributed by atoms with Crippen LogP contribution in [0, 0.1) is 5.92 Å².